The fraction of sp³-hybridized carbons (Fsp3) is 0.316. The highest BCUT2D eigenvalue weighted by Crippen LogP contribution is 2.40. The van der Waals surface area contributed by atoms with Crippen molar-refractivity contribution in [3.8, 4) is 11.1 Å². The first-order valence-electron chi connectivity index (χ1n) is 7.99. The van der Waals surface area contributed by atoms with Gasteiger partial charge < -0.3 is 10.8 Å². The number of carboxylic acid groups (broad SMARTS) is 1. The Morgan fingerprint density at radius 2 is 1.70 bits per heavy atom. The van der Waals surface area contributed by atoms with Crippen molar-refractivity contribution in [3.63, 3.8) is 0 Å². The van der Waals surface area contributed by atoms with Gasteiger partial charge in [-0.2, -0.15) is 13.2 Å². The van der Waals surface area contributed by atoms with Crippen LogP contribution in [0.2, 0.25) is 0 Å². The van der Waals surface area contributed by atoms with Gasteiger partial charge in [-0.15, -0.1) is 0 Å². The average Bonchev–Trinajstić information content (AvgIpc) is 2.50. The van der Waals surface area contributed by atoms with Crippen molar-refractivity contribution in [3.05, 3.63) is 57.7 Å². The predicted molar refractivity (Wildman–Crippen MR) is 90.2 cm³/mol. The summed E-state index contributed by atoms with van der Waals surface area (Å²) in [6.07, 6.45) is -5.36. The quantitative estimate of drug-likeness (QED) is 0.722. The summed E-state index contributed by atoms with van der Waals surface area (Å²) in [7, 11) is 0. The Morgan fingerprint density at radius 1 is 1.11 bits per heavy atom. The number of rotatable bonds is 4. The van der Waals surface area contributed by atoms with Gasteiger partial charge in [-0.05, 0) is 55.2 Å². The molecule has 0 aromatic heterocycles. The number of aliphatic carboxylic acids is 1. The van der Waals surface area contributed by atoms with Crippen LogP contribution in [0.3, 0.4) is 0 Å². The Bertz CT molecular complexity index is 906. The summed E-state index contributed by atoms with van der Waals surface area (Å²) in [6, 6.07) is 1.74. The topological polar surface area (TPSA) is 63.3 Å². The molecule has 2 aromatic carbocycles. The van der Waals surface area contributed by atoms with Crippen LogP contribution in [0, 0.1) is 32.4 Å². The van der Waals surface area contributed by atoms with Gasteiger partial charge in [-0.1, -0.05) is 6.07 Å². The molecule has 8 heteroatoms. The number of alkyl halides is 3. The Hall–Kier alpha value is -2.48. The Balaban J connectivity index is 2.82. The molecule has 0 amide bonds. The number of hydrogen-bond donors (Lipinski definition) is 2. The van der Waals surface area contributed by atoms with Gasteiger partial charge in [-0.25, -0.2) is 8.78 Å². The van der Waals surface area contributed by atoms with Crippen molar-refractivity contribution in [1.82, 2.24) is 0 Å². The van der Waals surface area contributed by atoms with E-state index in [1.165, 1.54) is 26.8 Å². The van der Waals surface area contributed by atoms with Gasteiger partial charge in [0, 0.05) is 17.2 Å². The van der Waals surface area contributed by atoms with Crippen molar-refractivity contribution in [2.45, 2.75) is 39.4 Å². The minimum absolute atomic E-state index is 0.0193. The van der Waals surface area contributed by atoms with Gasteiger partial charge in [0.25, 0.3) is 0 Å². The lowest BCUT2D eigenvalue weighted by atomic mass is 9.88. The number of aryl methyl sites for hydroxylation is 2. The van der Waals surface area contributed by atoms with Crippen molar-refractivity contribution in [2.24, 2.45) is 5.73 Å². The zero-order valence-electron chi connectivity index (χ0n) is 14.8. The lowest BCUT2D eigenvalue weighted by Crippen LogP contribution is -2.19. The maximum absolute atomic E-state index is 15.1. The summed E-state index contributed by atoms with van der Waals surface area (Å²) in [5, 5.41) is 8.85. The molecule has 0 bridgehead atoms. The number of carboxylic acids is 1. The normalized spacial score (nSPS) is 12.9. The highest BCUT2D eigenvalue weighted by atomic mass is 19.4. The van der Waals surface area contributed by atoms with Crippen molar-refractivity contribution in [1.29, 1.82) is 0 Å². The first-order valence-corrected chi connectivity index (χ1v) is 7.99. The van der Waals surface area contributed by atoms with E-state index in [9.17, 15) is 22.4 Å². The molecule has 3 nitrogen and oxygen atoms in total. The van der Waals surface area contributed by atoms with Crippen LogP contribution in [0.5, 0.6) is 0 Å². The van der Waals surface area contributed by atoms with E-state index in [1.54, 1.807) is 0 Å². The van der Waals surface area contributed by atoms with E-state index < -0.39 is 47.4 Å². The Morgan fingerprint density at radius 3 is 2.22 bits per heavy atom. The molecule has 146 valence electrons. The molecule has 27 heavy (non-hydrogen) atoms. The maximum atomic E-state index is 15.1. The van der Waals surface area contributed by atoms with Crippen LogP contribution in [0.15, 0.2) is 18.2 Å². The molecule has 0 unspecified atom stereocenters. The van der Waals surface area contributed by atoms with E-state index in [2.05, 4.69) is 0 Å². The van der Waals surface area contributed by atoms with Crippen LogP contribution in [-0.4, -0.2) is 11.1 Å². The van der Waals surface area contributed by atoms with Gasteiger partial charge in [-0.3, -0.25) is 4.79 Å². The fourth-order valence-corrected chi connectivity index (χ4v) is 3.16. The van der Waals surface area contributed by atoms with Gasteiger partial charge in [0.05, 0.1) is 12.0 Å². The molecule has 1 atom stereocenters. The smallest absolute Gasteiger partial charge is 0.416 e. The first-order chi connectivity index (χ1) is 12.4. The molecule has 2 rings (SSSR count). The molecular weight excluding hydrogens is 369 g/mol. The van der Waals surface area contributed by atoms with Crippen LogP contribution in [0.25, 0.3) is 11.1 Å². The molecular formula is C19H18F5NO2. The van der Waals surface area contributed by atoms with E-state index >= 15 is 4.39 Å². The molecule has 0 heterocycles. The number of carbonyl (C=O) groups is 1. The summed E-state index contributed by atoms with van der Waals surface area (Å²) < 4.78 is 69.2. The average molecular weight is 387 g/mol. The standard InChI is InChI=1S/C19H18F5NO2/c1-8-4-5-12(19(22,23)24)10(3)15(8)11-6-9(2)17(20)16(18(11)21)13(25)7-14(26)27/h4-6,13H,7,25H2,1-3H3,(H,26,27)/t13-/m0/s1. The summed E-state index contributed by atoms with van der Waals surface area (Å²) in [6.45, 7) is 4.03. The molecule has 0 saturated carbocycles. The van der Waals surface area contributed by atoms with Crippen LogP contribution in [0.1, 0.15) is 40.3 Å². The molecule has 0 spiro atoms. The van der Waals surface area contributed by atoms with E-state index in [4.69, 9.17) is 10.8 Å². The van der Waals surface area contributed by atoms with Crippen molar-refractivity contribution >= 4 is 5.97 Å². The molecule has 3 N–H and O–H groups in total. The number of nitrogens with two attached hydrogens (primary N) is 1. The minimum atomic E-state index is -4.64. The van der Waals surface area contributed by atoms with E-state index in [1.807, 2.05) is 0 Å². The third-order valence-electron chi connectivity index (χ3n) is 4.43. The van der Waals surface area contributed by atoms with Gasteiger partial charge in [0.1, 0.15) is 11.6 Å². The third kappa shape index (κ3) is 3.95. The molecule has 0 saturated heterocycles. The van der Waals surface area contributed by atoms with Gasteiger partial charge in [0.15, 0.2) is 0 Å². The molecule has 0 aliphatic heterocycles. The van der Waals surface area contributed by atoms with Crippen LogP contribution < -0.4 is 5.73 Å². The largest absolute Gasteiger partial charge is 0.481 e. The van der Waals surface area contributed by atoms with Crippen molar-refractivity contribution in [2.75, 3.05) is 0 Å². The Kier molecular flexibility index (Phi) is 5.60. The predicted octanol–water partition coefficient (Wildman–Crippen LogP) is 5.05. The molecule has 0 aliphatic carbocycles. The summed E-state index contributed by atoms with van der Waals surface area (Å²) in [4.78, 5) is 10.9. The van der Waals surface area contributed by atoms with Gasteiger partial charge >= 0.3 is 12.1 Å². The maximum Gasteiger partial charge on any atom is 0.416 e. The fourth-order valence-electron chi connectivity index (χ4n) is 3.16. The second kappa shape index (κ2) is 7.26. The van der Waals surface area contributed by atoms with Gasteiger partial charge in [0.2, 0.25) is 0 Å². The summed E-state index contributed by atoms with van der Waals surface area (Å²) in [5.41, 5.74) is 3.92. The molecule has 2 aromatic rings. The highest BCUT2D eigenvalue weighted by molar-refractivity contribution is 5.75. The SMILES string of the molecule is Cc1cc(-c2c(C)ccc(C(F)(F)F)c2C)c(F)c([C@@H](N)CC(=O)O)c1F. The first kappa shape index (κ1) is 20.8. The summed E-state index contributed by atoms with van der Waals surface area (Å²) >= 11 is 0. The second-order valence-corrected chi connectivity index (χ2v) is 6.41. The molecule has 0 radical (unpaired) electrons. The number of halogens is 5. The van der Waals surface area contributed by atoms with E-state index in [0.29, 0.717) is 5.56 Å². The zero-order valence-corrected chi connectivity index (χ0v) is 14.8. The lowest BCUT2D eigenvalue weighted by molar-refractivity contribution is -0.138. The Labute approximate surface area is 152 Å². The number of hydrogen-bond acceptors (Lipinski definition) is 2. The highest BCUT2D eigenvalue weighted by Gasteiger charge is 2.34. The molecule has 0 fully saturated rings. The van der Waals surface area contributed by atoms with E-state index in [-0.39, 0.29) is 22.3 Å². The lowest BCUT2D eigenvalue weighted by Gasteiger charge is -2.21. The van der Waals surface area contributed by atoms with Crippen LogP contribution in [-0.2, 0) is 11.0 Å². The monoisotopic (exact) mass is 387 g/mol. The van der Waals surface area contributed by atoms with Crippen LogP contribution >= 0.6 is 0 Å². The van der Waals surface area contributed by atoms with Crippen molar-refractivity contribution < 1.29 is 31.9 Å². The summed E-state index contributed by atoms with van der Waals surface area (Å²) in [5.74, 6) is -3.51. The van der Waals surface area contributed by atoms with E-state index in [0.717, 1.165) is 12.1 Å². The zero-order chi connectivity index (χ0) is 20.7. The second-order valence-electron chi connectivity index (χ2n) is 6.41. The minimum Gasteiger partial charge on any atom is -0.481 e. The number of benzene rings is 2. The molecule has 0 aliphatic rings. The van der Waals surface area contributed by atoms with Crippen LogP contribution in [0.4, 0.5) is 22.0 Å². The third-order valence-corrected chi connectivity index (χ3v) is 4.43.